The number of phenols is 1. The van der Waals surface area contributed by atoms with Crippen LogP contribution >= 0.6 is 0 Å². The fourth-order valence-electron chi connectivity index (χ4n) is 2.68. The molecule has 5 nitrogen and oxygen atoms in total. The summed E-state index contributed by atoms with van der Waals surface area (Å²) in [7, 11) is 0. The third-order valence-electron chi connectivity index (χ3n) is 3.74. The normalized spacial score (nSPS) is 16.5. The summed E-state index contributed by atoms with van der Waals surface area (Å²) < 4.78 is 1.83. The van der Waals surface area contributed by atoms with Gasteiger partial charge in [-0.2, -0.15) is 10.1 Å². The predicted octanol–water partition coefficient (Wildman–Crippen LogP) is 3.04. The summed E-state index contributed by atoms with van der Waals surface area (Å²) in [4.78, 5) is 4.26. The first kappa shape index (κ1) is 12.6. The predicted molar refractivity (Wildman–Crippen MR) is 84.3 cm³/mol. The molecule has 2 aromatic carbocycles. The number of aromatic nitrogens is 3. The van der Waals surface area contributed by atoms with Crippen LogP contribution in [0.3, 0.4) is 0 Å². The lowest BCUT2D eigenvalue weighted by molar-refractivity contribution is 0.473. The van der Waals surface area contributed by atoms with Gasteiger partial charge in [-0.3, -0.25) is 0 Å². The minimum Gasteiger partial charge on any atom is -0.507 e. The summed E-state index contributed by atoms with van der Waals surface area (Å²) in [6, 6.07) is 17.3. The number of benzene rings is 2. The van der Waals surface area contributed by atoms with Crippen LogP contribution in [0.25, 0.3) is 5.70 Å². The molecule has 0 saturated heterocycles. The Balaban J connectivity index is 1.85. The molecule has 0 fully saturated rings. The average Bonchev–Trinajstić information content (AvgIpc) is 3.03. The average molecular weight is 290 g/mol. The molecule has 22 heavy (non-hydrogen) atoms. The summed E-state index contributed by atoms with van der Waals surface area (Å²) in [6.07, 6.45) is 3.58. The third kappa shape index (κ3) is 2.03. The number of anilines is 1. The molecule has 0 saturated carbocycles. The topological polar surface area (TPSA) is 63.0 Å². The summed E-state index contributed by atoms with van der Waals surface area (Å²) in [5.41, 5.74) is 2.69. The Morgan fingerprint density at radius 2 is 1.77 bits per heavy atom. The quantitative estimate of drug-likeness (QED) is 0.761. The minimum atomic E-state index is -0.0606. The van der Waals surface area contributed by atoms with Crippen LogP contribution in [-0.2, 0) is 0 Å². The van der Waals surface area contributed by atoms with E-state index in [1.807, 2.05) is 41.1 Å². The van der Waals surface area contributed by atoms with Crippen molar-refractivity contribution in [3.63, 3.8) is 0 Å². The molecule has 3 aromatic rings. The largest absolute Gasteiger partial charge is 0.507 e. The van der Waals surface area contributed by atoms with Crippen LogP contribution in [0.1, 0.15) is 17.2 Å². The van der Waals surface area contributed by atoms with E-state index in [1.165, 1.54) is 6.33 Å². The zero-order valence-corrected chi connectivity index (χ0v) is 11.7. The molecule has 1 unspecified atom stereocenters. The molecule has 1 aliphatic rings. The Morgan fingerprint density at radius 1 is 1.00 bits per heavy atom. The maximum Gasteiger partial charge on any atom is 0.226 e. The Labute approximate surface area is 127 Å². The van der Waals surface area contributed by atoms with Crippen molar-refractivity contribution in [2.24, 2.45) is 0 Å². The number of phenolic OH excluding ortho intramolecular Hbond substituents is 1. The third-order valence-corrected chi connectivity index (χ3v) is 3.74. The van der Waals surface area contributed by atoms with Crippen molar-refractivity contribution in [1.82, 2.24) is 14.8 Å². The molecule has 1 aromatic heterocycles. The first-order chi connectivity index (χ1) is 10.8. The molecule has 0 aliphatic carbocycles. The summed E-state index contributed by atoms with van der Waals surface area (Å²) in [5, 5.41) is 17.6. The Hall–Kier alpha value is -3.08. The van der Waals surface area contributed by atoms with Gasteiger partial charge in [0, 0.05) is 5.56 Å². The SMILES string of the molecule is Oc1ccccc1C1=CC(c2ccccc2)n2ncnc2N1. The lowest BCUT2D eigenvalue weighted by atomic mass is 10.0. The zero-order valence-electron chi connectivity index (χ0n) is 11.7. The highest BCUT2D eigenvalue weighted by Gasteiger charge is 2.24. The van der Waals surface area contributed by atoms with Crippen LogP contribution in [0.2, 0.25) is 0 Å². The lowest BCUT2D eigenvalue weighted by Gasteiger charge is -2.24. The monoisotopic (exact) mass is 290 g/mol. The van der Waals surface area contributed by atoms with Crippen molar-refractivity contribution < 1.29 is 5.11 Å². The second kappa shape index (κ2) is 5.04. The van der Waals surface area contributed by atoms with Gasteiger partial charge in [0.15, 0.2) is 0 Å². The van der Waals surface area contributed by atoms with Gasteiger partial charge >= 0.3 is 0 Å². The molecule has 5 heteroatoms. The molecule has 4 rings (SSSR count). The molecule has 2 heterocycles. The van der Waals surface area contributed by atoms with Crippen LogP contribution in [0.15, 0.2) is 67.0 Å². The van der Waals surface area contributed by atoms with Gasteiger partial charge in [-0.1, -0.05) is 42.5 Å². The van der Waals surface area contributed by atoms with Gasteiger partial charge in [-0.25, -0.2) is 4.68 Å². The Morgan fingerprint density at radius 3 is 2.59 bits per heavy atom. The van der Waals surface area contributed by atoms with Crippen LogP contribution in [0.4, 0.5) is 5.95 Å². The lowest BCUT2D eigenvalue weighted by Crippen LogP contribution is -2.20. The molecule has 0 bridgehead atoms. The van der Waals surface area contributed by atoms with E-state index in [-0.39, 0.29) is 11.8 Å². The van der Waals surface area contributed by atoms with E-state index in [2.05, 4.69) is 27.5 Å². The highest BCUT2D eigenvalue weighted by Crippen LogP contribution is 2.34. The second-order valence-electron chi connectivity index (χ2n) is 5.11. The van der Waals surface area contributed by atoms with Crippen LogP contribution in [0.5, 0.6) is 5.75 Å². The first-order valence-electron chi connectivity index (χ1n) is 7.04. The number of aromatic hydroxyl groups is 1. The molecular formula is C17H14N4O. The van der Waals surface area contributed by atoms with Gasteiger partial charge in [-0.15, -0.1) is 0 Å². The molecule has 0 radical (unpaired) electrons. The summed E-state index contributed by atoms with van der Waals surface area (Å²) in [5.74, 6) is 0.899. The number of hydrogen-bond donors (Lipinski definition) is 2. The van der Waals surface area contributed by atoms with Gasteiger partial charge < -0.3 is 10.4 Å². The standard InChI is InChI=1S/C17H14N4O/c22-16-9-5-4-8-13(16)14-10-15(12-6-2-1-3-7-12)21-17(20-14)18-11-19-21/h1-11,15,22H,(H,18,19,20). The minimum absolute atomic E-state index is 0.0606. The number of nitrogens with zero attached hydrogens (tertiary/aromatic N) is 3. The highest BCUT2D eigenvalue weighted by molar-refractivity contribution is 5.79. The smallest absolute Gasteiger partial charge is 0.226 e. The van der Waals surface area contributed by atoms with Gasteiger partial charge in [-0.05, 0) is 23.8 Å². The molecule has 2 N–H and O–H groups in total. The van der Waals surface area contributed by atoms with Crippen molar-refractivity contribution in [2.75, 3.05) is 5.32 Å². The number of fused-ring (bicyclic) bond motifs is 1. The molecule has 1 atom stereocenters. The van der Waals surface area contributed by atoms with E-state index in [4.69, 9.17) is 0 Å². The van der Waals surface area contributed by atoms with Gasteiger partial charge in [0.05, 0.1) is 5.70 Å². The number of rotatable bonds is 2. The van der Waals surface area contributed by atoms with Crippen LogP contribution in [-0.4, -0.2) is 19.9 Å². The number of hydrogen-bond acceptors (Lipinski definition) is 4. The first-order valence-corrected chi connectivity index (χ1v) is 7.04. The van der Waals surface area contributed by atoms with E-state index in [0.29, 0.717) is 5.95 Å². The zero-order chi connectivity index (χ0) is 14.9. The molecule has 108 valence electrons. The van der Waals surface area contributed by atoms with Crippen molar-refractivity contribution in [1.29, 1.82) is 0 Å². The fourth-order valence-corrected chi connectivity index (χ4v) is 2.68. The number of para-hydroxylation sites is 1. The van der Waals surface area contributed by atoms with Gasteiger partial charge in [0.2, 0.25) is 5.95 Å². The number of nitrogens with one attached hydrogen (secondary N) is 1. The van der Waals surface area contributed by atoms with E-state index in [9.17, 15) is 5.11 Å². The van der Waals surface area contributed by atoms with Gasteiger partial charge in [0.1, 0.15) is 18.1 Å². The molecular weight excluding hydrogens is 276 g/mol. The summed E-state index contributed by atoms with van der Waals surface area (Å²) in [6.45, 7) is 0. The Kier molecular flexibility index (Phi) is 2.89. The summed E-state index contributed by atoms with van der Waals surface area (Å²) >= 11 is 0. The maximum atomic E-state index is 10.1. The van der Waals surface area contributed by atoms with Crippen molar-refractivity contribution >= 4 is 11.6 Å². The van der Waals surface area contributed by atoms with E-state index in [1.54, 1.807) is 12.1 Å². The van der Waals surface area contributed by atoms with E-state index >= 15 is 0 Å². The highest BCUT2D eigenvalue weighted by atomic mass is 16.3. The number of allylic oxidation sites excluding steroid dienone is 1. The van der Waals surface area contributed by atoms with Gasteiger partial charge in [0.25, 0.3) is 0 Å². The van der Waals surface area contributed by atoms with Crippen molar-refractivity contribution in [2.45, 2.75) is 6.04 Å². The van der Waals surface area contributed by atoms with Crippen LogP contribution in [0, 0.1) is 0 Å². The van der Waals surface area contributed by atoms with Crippen molar-refractivity contribution in [3.8, 4) is 5.75 Å². The van der Waals surface area contributed by atoms with Crippen molar-refractivity contribution in [3.05, 3.63) is 78.1 Å². The van der Waals surface area contributed by atoms with E-state index < -0.39 is 0 Å². The maximum absolute atomic E-state index is 10.1. The van der Waals surface area contributed by atoms with Crippen LogP contribution < -0.4 is 5.32 Å². The fraction of sp³-hybridized carbons (Fsp3) is 0.0588. The second-order valence-corrected chi connectivity index (χ2v) is 5.11. The molecule has 1 aliphatic heterocycles. The van der Waals surface area contributed by atoms with E-state index in [0.717, 1.165) is 16.8 Å². The molecule has 0 amide bonds. The Bertz CT molecular complexity index is 839. The molecule has 0 spiro atoms.